The zero-order valence-electron chi connectivity index (χ0n) is 3.14. The molecule has 0 aliphatic rings. The molecule has 0 amide bonds. The average molecular weight is 188 g/mol. The van der Waals surface area contributed by atoms with E-state index in [-0.39, 0.29) is 55.1 Å². The zero-order valence-corrected chi connectivity index (χ0v) is 5.19. The van der Waals surface area contributed by atoms with Crippen LogP contribution < -0.4 is 0 Å². The third kappa shape index (κ3) is 22.6. The maximum atomic E-state index is 9.52. The molecule has 0 fully saturated rings. The van der Waals surface area contributed by atoms with Gasteiger partial charge in [-0.25, -0.2) is 4.57 Å². The van der Waals surface area contributed by atoms with Gasteiger partial charge in [0, 0.05) is 0 Å². The van der Waals surface area contributed by atoms with Crippen LogP contribution in [0.4, 0.5) is 0 Å². The second-order valence-corrected chi connectivity index (χ2v) is 2.71. The van der Waals surface area contributed by atoms with E-state index in [1.807, 2.05) is 0 Å². The molecule has 52 valence electrons. The molecule has 5 nitrogen and oxygen atoms in total. The van der Waals surface area contributed by atoms with Crippen LogP contribution >= 0.6 is 7.82 Å². The Kier molecular flexibility index (Phi) is 24.2. The van der Waals surface area contributed by atoms with Crippen molar-refractivity contribution in [3.63, 3.8) is 0 Å². The topological polar surface area (TPSA) is 83.8 Å². The normalized spacial score (nSPS) is 7.40. The van der Waals surface area contributed by atoms with Gasteiger partial charge in [0.05, 0.1) is 0 Å². The Morgan fingerprint density at radius 3 is 1.60 bits per heavy atom. The molecular weight excluding hydrogens is 180 g/mol. The van der Waals surface area contributed by atoms with E-state index in [4.69, 9.17) is 9.79 Å². The minimum absolute atomic E-state index is 0. The van der Waals surface area contributed by atoms with Crippen LogP contribution in [0, 0.1) is 0 Å². The van der Waals surface area contributed by atoms with Gasteiger partial charge in [-0.1, -0.05) is 0 Å². The summed E-state index contributed by atoms with van der Waals surface area (Å²) in [5.41, 5.74) is 0. The van der Waals surface area contributed by atoms with E-state index in [1.54, 1.807) is 0 Å². The first-order chi connectivity index (χ1) is 3.06. The summed E-state index contributed by atoms with van der Waals surface area (Å²) in [5, 5.41) is 0. The van der Waals surface area contributed by atoms with Gasteiger partial charge in [0.2, 0.25) is 0 Å². The Balaban J connectivity index is -0.0000000600. The molecule has 0 aliphatic carbocycles. The molecule has 0 aliphatic heterocycles. The Morgan fingerprint density at radius 2 is 1.60 bits per heavy atom. The van der Waals surface area contributed by atoms with E-state index in [2.05, 4.69) is 4.21 Å². The number of hydrogen-bond donors (Lipinski definition) is 2. The van der Waals surface area contributed by atoms with E-state index >= 15 is 0 Å². The number of phosphoric acid groups is 1. The molecule has 0 aromatic carbocycles. The molecule has 10 heteroatoms. The van der Waals surface area contributed by atoms with Crippen molar-refractivity contribution in [1.29, 1.82) is 0 Å². The monoisotopic (exact) mass is 188 g/mol. The molecule has 0 bridgehead atoms. The molecule has 0 saturated carbocycles. The molecule has 0 rings (SSSR count). The second kappa shape index (κ2) is 10.7. The van der Waals surface area contributed by atoms with Gasteiger partial charge in [0.15, 0.2) is 17.4 Å². The van der Waals surface area contributed by atoms with Gasteiger partial charge in [-0.2, -0.15) is 0 Å². The summed E-state index contributed by atoms with van der Waals surface area (Å²) in [6, 6.07) is 0. The fraction of sp³-hybridized carbons (Fsp3) is 0. The van der Waals surface area contributed by atoms with E-state index in [0.717, 1.165) is 0 Å². The number of hydrogen-bond acceptors (Lipinski definition) is 3. The van der Waals surface area contributed by atoms with Crippen molar-refractivity contribution in [2.45, 2.75) is 0 Å². The van der Waals surface area contributed by atoms with Gasteiger partial charge < -0.3 is 8.67 Å². The van der Waals surface area contributed by atoms with Crippen LogP contribution in [0.25, 0.3) is 0 Å². The van der Waals surface area contributed by atoms with Crippen molar-refractivity contribution in [1.82, 2.24) is 0 Å². The Morgan fingerprint density at radius 1 is 1.30 bits per heavy atom. The van der Waals surface area contributed by atoms with E-state index in [9.17, 15) is 9.03 Å². The predicted octanol–water partition coefficient (Wildman–Crippen LogP) is -3.69. The van der Waals surface area contributed by atoms with Gasteiger partial charge in [-0.3, -0.25) is 9.79 Å². The van der Waals surface area contributed by atoms with Crippen molar-refractivity contribution in [3.8, 4) is 0 Å². The summed E-state index contributed by atoms with van der Waals surface area (Å²) in [6.45, 7) is 0. The molecule has 10 heavy (non-hydrogen) atoms. The predicted molar refractivity (Wildman–Crippen MR) is 45.2 cm³/mol. The molecule has 0 heterocycles. The van der Waals surface area contributed by atoms with Gasteiger partial charge in [-0.05, 0) is 0 Å². The molecule has 0 aromatic heterocycles. The molecule has 2 N–H and O–H groups in total. The molecule has 0 spiro atoms. The third-order valence-corrected chi connectivity index (χ3v) is 1.62. The van der Waals surface area contributed by atoms with Gasteiger partial charge in [0.1, 0.15) is 0 Å². The summed E-state index contributed by atoms with van der Waals surface area (Å²) < 4.78 is 22.3. The maximum absolute atomic E-state index is 9.52. The average Bonchev–Trinajstić information content (AvgIpc) is 1.30. The van der Waals surface area contributed by atoms with Crippen molar-refractivity contribution in [2.75, 3.05) is 0 Å². The van der Waals surface area contributed by atoms with Crippen LogP contribution in [0.1, 0.15) is 0 Å². The third-order valence-electron chi connectivity index (χ3n) is 0.180. The summed E-state index contributed by atoms with van der Waals surface area (Å²) in [5.74, 6) is 0. The Hall–Kier alpha value is 1.69. The van der Waals surface area contributed by atoms with Crippen LogP contribution in [0.5, 0.6) is 0 Å². The Labute approximate surface area is 95.0 Å². The van der Waals surface area contributed by atoms with E-state index in [0.29, 0.717) is 0 Å². The fourth-order valence-corrected chi connectivity index (χ4v) is 0.505. The fourth-order valence-electron chi connectivity index (χ4n) is 0.0561. The second-order valence-electron chi connectivity index (χ2n) is 0.692. The summed E-state index contributed by atoms with van der Waals surface area (Å²) >= 11 is 0. The summed E-state index contributed by atoms with van der Waals surface area (Å²) in [6.07, 6.45) is 0. The van der Waals surface area contributed by atoms with Crippen LogP contribution in [0.3, 0.4) is 0 Å². The molecule has 0 aromatic rings. The van der Waals surface area contributed by atoms with Crippen molar-refractivity contribution in [3.05, 3.63) is 0 Å². The van der Waals surface area contributed by atoms with Gasteiger partial charge in [0.25, 0.3) is 0 Å². The standard InChI is InChI=1S/Al.2Li.H3O5PSi.5H/c;;;1-6(2,3)5-7-4;;;;;/h;;;7H,(H2,1,2,3);;;;;. The SMILES string of the molecule is O=[SiH]OP(=O)(O)O.[AlH3].[LiH].[LiH]. The summed E-state index contributed by atoms with van der Waals surface area (Å²) in [7, 11) is -6.24. The summed E-state index contributed by atoms with van der Waals surface area (Å²) in [4.78, 5) is 15.5. The molecule has 0 saturated heterocycles. The van der Waals surface area contributed by atoms with Crippen LogP contribution in [-0.4, -0.2) is 74.5 Å². The van der Waals surface area contributed by atoms with Crippen LogP contribution in [0.15, 0.2) is 0 Å². The molecule has 0 atom stereocenters. The first kappa shape index (κ1) is 22.6. The molecule has 0 unspecified atom stereocenters. The first-order valence-corrected chi connectivity index (χ1v) is 3.71. The molecule has 0 radical (unpaired) electrons. The number of rotatable bonds is 2. The van der Waals surface area contributed by atoms with Crippen molar-refractivity contribution in [2.24, 2.45) is 0 Å². The quantitative estimate of drug-likeness (QED) is 0.344. The van der Waals surface area contributed by atoms with Crippen LogP contribution in [0.2, 0.25) is 0 Å². The van der Waals surface area contributed by atoms with Gasteiger partial charge in [-0.15, -0.1) is 0 Å². The Bertz CT molecular complexity index is 112. The van der Waals surface area contributed by atoms with Crippen molar-refractivity contribution < 1.29 is 23.0 Å². The van der Waals surface area contributed by atoms with E-state index < -0.39 is 17.5 Å². The first-order valence-electron chi connectivity index (χ1n) is 1.24. The molecular formula is H8AlLi2O5PSi. The zero-order chi connectivity index (χ0) is 5.91. The van der Waals surface area contributed by atoms with Crippen molar-refractivity contribution >= 4 is 72.6 Å². The van der Waals surface area contributed by atoms with E-state index in [1.165, 1.54) is 0 Å². The minimum atomic E-state index is -4.44. The van der Waals surface area contributed by atoms with Crippen LogP contribution in [-0.2, 0) is 13.2 Å². The van der Waals surface area contributed by atoms with Gasteiger partial charge >= 0.3 is 55.2 Å².